The quantitative estimate of drug-likeness (QED) is 0.847. The van der Waals surface area contributed by atoms with Gasteiger partial charge in [0.05, 0.1) is 12.2 Å². The summed E-state index contributed by atoms with van der Waals surface area (Å²) in [5.74, 6) is -1.11. The molecule has 1 aromatic rings. The van der Waals surface area contributed by atoms with E-state index in [4.69, 9.17) is 18.9 Å². The highest BCUT2D eigenvalue weighted by Crippen LogP contribution is 2.58. The van der Waals surface area contributed by atoms with Crippen molar-refractivity contribution in [2.45, 2.75) is 56.6 Å². The molecular weight excluding hydrogens is 312 g/mol. The van der Waals surface area contributed by atoms with Crippen LogP contribution in [0.15, 0.2) is 30.3 Å². The summed E-state index contributed by atoms with van der Waals surface area (Å²) in [4.78, 5) is 12.0. The molecule has 2 heterocycles. The Bertz CT molecular complexity index is 634. The molecule has 1 spiro atoms. The molecule has 0 aromatic heterocycles. The highest BCUT2D eigenvalue weighted by Gasteiger charge is 2.72. The zero-order valence-electron chi connectivity index (χ0n) is 13.8. The van der Waals surface area contributed by atoms with E-state index in [0.29, 0.717) is 18.4 Å². The molecule has 1 aliphatic carbocycles. The minimum absolute atomic E-state index is 0.0363. The first kappa shape index (κ1) is 16.0. The molecule has 2 saturated heterocycles. The Morgan fingerprint density at radius 2 is 2.04 bits per heavy atom. The molecule has 6 heteroatoms. The lowest BCUT2D eigenvalue weighted by atomic mass is 10.1. The predicted molar refractivity (Wildman–Crippen MR) is 83.1 cm³/mol. The van der Waals surface area contributed by atoms with Gasteiger partial charge in [-0.15, -0.1) is 0 Å². The summed E-state index contributed by atoms with van der Waals surface area (Å²) in [5.41, 5.74) is -0.191. The number of aliphatic hydroxyl groups excluding tert-OH is 1. The van der Waals surface area contributed by atoms with E-state index in [1.54, 1.807) is 24.3 Å². The molecule has 4 rings (SSSR count). The smallest absolute Gasteiger partial charge is 0.338 e. The van der Waals surface area contributed by atoms with Crippen LogP contribution in [0.1, 0.15) is 37.0 Å². The van der Waals surface area contributed by atoms with E-state index in [2.05, 4.69) is 0 Å². The third-order valence-electron chi connectivity index (χ3n) is 5.33. The molecule has 6 nitrogen and oxygen atoms in total. The molecule has 0 radical (unpaired) electrons. The number of hydrogen-bond acceptors (Lipinski definition) is 6. The number of carbonyl (C=O) groups is 1. The molecule has 3 aliphatic rings. The van der Waals surface area contributed by atoms with Crippen molar-refractivity contribution in [1.29, 1.82) is 0 Å². The zero-order chi connectivity index (χ0) is 16.9. The van der Waals surface area contributed by atoms with Crippen LogP contribution in [0.25, 0.3) is 0 Å². The highest BCUT2D eigenvalue weighted by atomic mass is 16.8. The van der Waals surface area contributed by atoms with Gasteiger partial charge in [0.25, 0.3) is 0 Å². The molecule has 1 N–H and O–H groups in total. The van der Waals surface area contributed by atoms with Crippen LogP contribution in [-0.4, -0.2) is 47.6 Å². The van der Waals surface area contributed by atoms with Crippen LogP contribution in [0.4, 0.5) is 0 Å². The van der Waals surface area contributed by atoms with Crippen LogP contribution in [0.3, 0.4) is 0 Å². The molecule has 0 amide bonds. The fourth-order valence-corrected chi connectivity index (χ4v) is 3.59. The number of aliphatic hydroxyl groups is 1. The lowest BCUT2D eigenvalue weighted by Crippen LogP contribution is -2.38. The van der Waals surface area contributed by atoms with Crippen molar-refractivity contribution in [2.75, 3.05) is 6.61 Å². The van der Waals surface area contributed by atoms with Gasteiger partial charge in [0.2, 0.25) is 0 Å². The van der Waals surface area contributed by atoms with Crippen molar-refractivity contribution in [3.05, 3.63) is 35.9 Å². The Morgan fingerprint density at radius 1 is 1.29 bits per heavy atom. The fourth-order valence-electron chi connectivity index (χ4n) is 3.59. The molecule has 24 heavy (non-hydrogen) atoms. The predicted octanol–water partition coefficient (Wildman–Crippen LogP) is 1.86. The van der Waals surface area contributed by atoms with Gasteiger partial charge in [0.15, 0.2) is 12.1 Å². The van der Waals surface area contributed by atoms with Crippen molar-refractivity contribution in [1.82, 2.24) is 0 Å². The number of rotatable bonds is 4. The Labute approximate surface area is 140 Å². The van der Waals surface area contributed by atoms with Crippen molar-refractivity contribution in [3.63, 3.8) is 0 Å². The lowest BCUT2D eigenvalue weighted by molar-refractivity contribution is -0.232. The van der Waals surface area contributed by atoms with Gasteiger partial charge in [-0.25, -0.2) is 4.79 Å². The molecule has 6 atom stereocenters. The van der Waals surface area contributed by atoms with Crippen molar-refractivity contribution in [2.24, 2.45) is 5.92 Å². The SMILES string of the molecule is CCC1(C)OC2O[C@]3(C[C@@H]3COC(=O)c3ccccc3)C(O)C2O1. The average molecular weight is 334 g/mol. The summed E-state index contributed by atoms with van der Waals surface area (Å²) in [5, 5.41) is 10.6. The van der Waals surface area contributed by atoms with Crippen molar-refractivity contribution in [3.8, 4) is 0 Å². The summed E-state index contributed by atoms with van der Waals surface area (Å²) in [6, 6.07) is 8.85. The summed E-state index contributed by atoms with van der Waals surface area (Å²) < 4.78 is 23.0. The average Bonchev–Trinajstić information content (AvgIpc) is 3.12. The van der Waals surface area contributed by atoms with Crippen molar-refractivity contribution >= 4 is 5.97 Å². The standard InChI is InChI=1S/C18H22O6/c1-3-17(2)22-13-14(19)18(24-16(13)23-17)9-12(18)10-21-15(20)11-7-5-4-6-8-11/h4-8,12-14,16,19H,3,9-10H2,1-2H3/t12-,13?,14?,16?,17?,18+/m1/s1. The van der Waals surface area contributed by atoms with Crippen LogP contribution in [0.5, 0.6) is 0 Å². The maximum absolute atomic E-state index is 12.0. The van der Waals surface area contributed by atoms with Gasteiger partial charge in [0.1, 0.15) is 17.8 Å². The molecule has 2 aliphatic heterocycles. The molecule has 4 unspecified atom stereocenters. The van der Waals surface area contributed by atoms with Gasteiger partial charge in [-0.2, -0.15) is 0 Å². The largest absolute Gasteiger partial charge is 0.462 e. The number of carbonyl (C=O) groups excluding carboxylic acids is 1. The first-order chi connectivity index (χ1) is 11.5. The van der Waals surface area contributed by atoms with E-state index < -0.39 is 29.9 Å². The van der Waals surface area contributed by atoms with Gasteiger partial charge in [-0.1, -0.05) is 25.1 Å². The monoisotopic (exact) mass is 334 g/mol. The molecular formula is C18H22O6. The van der Waals surface area contributed by atoms with E-state index in [1.807, 2.05) is 19.9 Å². The molecule has 130 valence electrons. The lowest BCUT2D eigenvalue weighted by Gasteiger charge is -2.25. The zero-order valence-corrected chi connectivity index (χ0v) is 13.8. The Morgan fingerprint density at radius 3 is 2.71 bits per heavy atom. The second-order valence-electron chi connectivity index (χ2n) is 6.94. The highest BCUT2D eigenvalue weighted by molar-refractivity contribution is 5.89. The number of hydrogen-bond donors (Lipinski definition) is 1. The van der Waals surface area contributed by atoms with Gasteiger partial charge >= 0.3 is 5.97 Å². The third kappa shape index (κ3) is 2.45. The van der Waals surface area contributed by atoms with Crippen molar-refractivity contribution < 1.29 is 28.8 Å². The van der Waals surface area contributed by atoms with E-state index >= 15 is 0 Å². The summed E-state index contributed by atoms with van der Waals surface area (Å²) >= 11 is 0. The van der Waals surface area contributed by atoms with E-state index in [1.165, 1.54) is 0 Å². The van der Waals surface area contributed by atoms with Gasteiger partial charge in [-0.05, 0) is 31.9 Å². The van der Waals surface area contributed by atoms with Gasteiger partial charge < -0.3 is 24.1 Å². The Kier molecular flexibility index (Phi) is 3.69. The van der Waals surface area contributed by atoms with Crippen LogP contribution in [-0.2, 0) is 18.9 Å². The van der Waals surface area contributed by atoms with Gasteiger partial charge in [0, 0.05) is 5.92 Å². The minimum atomic E-state index is -0.767. The maximum atomic E-state index is 12.0. The number of esters is 1. The Hall–Kier alpha value is -1.47. The summed E-state index contributed by atoms with van der Waals surface area (Å²) in [6.07, 6.45) is -0.485. The number of benzene rings is 1. The molecule has 3 fully saturated rings. The molecule has 1 saturated carbocycles. The Balaban J connectivity index is 1.35. The minimum Gasteiger partial charge on any atom is -0.462 e. The van der Waals surface area contributed by atoms with Crippen LogP contribution >= 0.6 is 0 Å². The summed E-state index contributed by atoms with van der Waals surface area (Å²) in [7, 11) is 0. The van der Waals surface area contributed by atoms with E-state index in [0.717, 1.165) is 0 Å². The van der Waals surface area contributed by atoms with Crippen LogP contribution in [0.2, 0.25) is 0 Å². The summed E-state index contributed by atoms with van der Waals surface area (Å²) in [6.45, 7) is 4.03. The third-order valence-corrected chi connectivity index (χ3v) is 5.33. The van der Waals surface area contributed by atoms with E-state index in [9.17, 15) is 9.90 Å². The fraction of sp³-hybridized carbons (Fsp3) is 0.611. The van der Waals surface area contributed by atoms with Crippen LogP contribution in [0, 0.1) is 5.92 Å². The second kappa shape index (κ2) is 5.52. The first-order valence-electron chi connectivity index (χ1n) is 8.41. The number of ether oxygens (including phenoxy) is 4. The molecule has 1 aromatic carbocycles. The van der Waals surface area contributed by atoms with E-state index in [-0.39, 0.29) is 18.5 Å². The first-order valence-corrected chi connectivity index (χ1v) is 8.41. The maximum Gasteiger partial charge on any atom is 0.338 e. The van der Waals surface area contributed by atoms with Crippen LogP contribution < -0.4 is 0 Å². The normalized spacial score (nSPS) is 43.0. The van der Waals surface area contributed by atoms with Gasteiger partial charge in [-0.3, -0.25) is 0 Å². The molecule has 0 bridgehead atoms. The number of fused-ring (bicyclic) bond motifs is 1. The second-order valence-corrected chi connectivity index (χ2v) is 6.94. The topological polar surface area (TPSA) is 74.2 Å².